The summed E-state index contributed by atoms with van der Waals surface area (Å²) in [7, 11) is 0. The van der Waals surface area contributed by atoms with E-state index in [1.807, 2.05) is 13.0 Å². The molecule has 2 N–H and O–H groups in total. The first-order valence-corrected chi connectivity index (χ1v) is 6.08. The minimum Gasteiger partial charge on any atom is -0.508 e. The summed E-state index contributed by atoms with van der Waals surface area (Å²) in [5, 5.41) is 11.9. The van der Waals surface area contributed by atoms with Crippen LogP contribution in [0.4, 0.5) is 5.69 Å². The lowest BCUT2D eigenvalue weighted by Crippen LogP contribution is -2.12. The Morgan fingerprint density at radius 1 is 1.33 bits per heavy atom. The van der Waals surface area contributed by atoms with Crippen molar-refractivity contribution in [1.29, 1.82) is 0 Å². The average Bonchev–Trinajstić information content (AvgIpc) is 2.34. The lowest BCUT2D eigenvalue weighted by Gasteiger charge is -2.06. The van der Waals surface area contributed by atoms with Gasteiger partial charge in [0, 0.05) is 5.56 Å². The van der Waals surface area contributed by atoms with Crippen molar-refractivity contribution >= 4 is 27.5 Å². The minimum absolute atomic E-state index is 0.132. The van der Waals surface area contributed by atoms with Crippen molar-refractivity contribution in [3.8, 4) is 5.75 Å². The highest BCUT2D eigenvalue weighted by atomic mass is 79.9. The van der Waals surface area contributed by atoms with Crippen molar-refractivity contribution in [3.63, 3.8) is 0 Å². The molecule has 0 saturated carbocycles. The number of anilines is 1. The van der Waals surface area contributed by atoms with Crippen LogP contribution in [0.1, 0.15) is 15.9 Å². The number of aromatic nitrogens is 1. The van der Waals surface area contributed by atoms with Crippen LogP contribution in [0.15, 0.2) is 41.1 Å². The predicted octanol–water partition coefficient (Wildman–Crippen LogP) is 3.11. The first-order chi connectivity index (χ1) is 8.56. The van der Waals surface area contributed by atoms with E-state index in [1.54, 1.807) is 18.3 Å². The van der Waals surface area contributed by atoms with Gasteiger partial charge < -0.3 is 10.4 Å². The molecule has 2 aromatic rings. The predicted molar refractivity (Wildman–Crippen MR) is 72.7 cm³/mol. The number of halogens is 1. The van der Waals surface area contributed by atoms with Crippen molar-refractivity contribution in [1.82, 2.24) is 4.98 Å². The van der Waals surface area contributed by atoms with Crippen LogP contribution in [-0.4, -0.2) is 16.0 Å². The topological polar surface area (TPSA) is 62.2 Å². The molecule has 4 nitrogen and oxygen atoms in total. The Bertz CT molecular complexity index is 582. The second-order valence-corrected chi connectivity index (χ2v) is 4.58. The fourth-order valence-electron chi connectivity index (χ4n) is 1.44. The standard InChI is InChI=1S/C13H11BrN2O2/c1-8-6-10(7-15-12(8)14)16-13(18)9-2-4-11(17)5-3-9/h2-7,17H,1H3,(H,16,18). The van der Waals surface area contributed by atoms with Crippen LogP contribution < -0.4 is 5.32 Å². The van der Waals surface area contributed by atoms with E-state index in [1.165, 1.54) is 12.1 Å². The van der Waals surface area contributed by atoms with Gasteiger partial charge in [-0.3, -0.25) is 4.79 Å². The van der Waals surface area contributed by atoms with Gasteiger partial charge in [-0.15, -0.1) is 0 Å². The SMILES string of the molecule is Cc1cc(NC(=O)c2ccc(O)cc2)cnc1Br. The Balaban J connectivity index is 2.16. The number of amides is 1. The van der Waals surface area contributed by atoms with Crippen molar-refractivity contribution in [2.75, 3.05) is 5.32 Å². The maximum absolute atomic E-state index is 11.9. The summed E-state index contributed by atoms with van der Waals surface area (Å²) in [6, 6.07) is 7.89. The number of carbonyl (C=O) groups is 1. The molecule has 0 fully saturated rings. The zero-order valence-corrected chi connectivity index (χ0v) is 11.2. The quantitative estimate of drug-likeness (QED) is 0.838. The number of phenols is 1. The Labute approximate surface area is 113 Å². The number of nitrogens with one attached hydrogen (secondary N) is 1. The van der Waals surface area contributed by atoms with Crippen LogP contribution in [0.25, 0.3) is 0 Å². The summed E-state index contributed by atoms with van der Waals surface area (Å²) in [5.74, 6) is -0.105. The average molecular weight is 307 g/mol. The van der Waals surface area contributed by atoms with Crippen LogP contribution >= 0.6 is 15.9 Å². The van der Waals surface area contributed by atoms with Gasteiger partial charge in [0.1, 0.15) is 10.4 Å². The molecule has 0 aliphatic rings. The van der Waals surface area contributed by atoms with E-state index in [0.717, 1.165) is 10.2 Å². The van der Waals surface area contributed by atoms with Crippen LogP contribution in [0.2, 0.25) is 0 Å². The van der Waals surface area contributed by atoms with Gasteiger partial charge in [-0.2, -0.15) is 0 Å². The van der Waals surface area contributed by atoms with E-state index >= 15 is 0 Å². The molecule has 0 radical (unpaired) electrons. The van der Waals surface area contributed by atoms with Crippen LogP contribution in [0, 0.1) is 6.92 Å². The maximum atomic E-state index is 11.9. The number of pyridine rings is 1. The van der Waals surface area contributed by atoms with Gasteiger partial charge in [-0.05, 0) is 58.7 Å². The first-order valence-electron chi connectivity index (χ1n) is 5.29. The molecule has 0 atom stereocenters. The van der Waals surface area contributed by atoms with E-state index in [4.69, 9.17) is 5.11 Å². The molecule has 1 aromatic carbocycles. The monoisotopic (exact) mass is 306 g/mol. The molecule has 0 spiro atoms. The molecule has 0 aliphatic heterocycles. The maximum Gasteiger partial charge on any atom is 0.255 e. The molecule has 92 valence electrons. The summed E-state index contributed by atoms with van der Waals surface area (Å²) in [6.45, 7) is 1.90. The smallest absolute Gasteiger partial charge is 0.255 e. The highest BCUT2D eigenvalue weighted by Gasteiger charge is 2.07. The molecule has 0 saturated heterocycles. The Kier molecular flexibility index (Phi) is 3.62. The number of hydrogen-bond donors (Lipinski definition) is 2. The van der Waals surface area contributed by atoms with E-state index in [9.17, 15) is 4.79 Å². The van der Waals surface area contributed by atoms with Gasteiger partial charge in [0.25, 0.3) is 5.91 Å². The fraction of sp³-hybridized carbons (Fsp3) is 0.0769. The number of aryl methyl sites for hydroxylation is 1. The Morgan fingerprint density at radius 3 is 2.61 bits per heavy atom. The van der Waals surface area contributed by atoms with Crippen molar-refractivity contribution < 1.29 is 9.90 Å². The summed E-state index contributed by atoms with van der Waals surface area (Å²) in [4.78, 5) is 16.0. The fourth-order valence-corrected chi connectivity index (χ4v) is 1.66. The molecule has 2 rings (SSSR count). The molecule has 0 aliphatic carbocycles. The lowest BCUT2D eigenvalue weighted by molar-refractivity contribution is 0.102. The number of carbonyl (C=O) groups excluding carboxylic acids is 1. The lowest BCUT2D eigenvalue weighted by atomic mass is 10.2. The third-order valence-electron chi connectivity index (χ3n) is 2.40. The number of aromatic hydroxyl groups is 1. The number of rotatable bonds is 2. The summed E-state index contributed by atoms with van der Waals surface area (Å²) in [5.41, 5.74) is 2.06. The van der Waals surface area contributed by atoms with Gasteiger partial charge in [0.2, 0.25) is 0 Å². The van der Waals surface area contributed by atoms with E-state index in [-0.39, 0.29) is 11.7 Å². The number of benzene rings is 1. The van der Waals surface area contributed by atoms with Gasteiger partial charge in [-0.25, -0.2) is 4.98 Å². The normalized spacial score (nSPS) is 10.1. The van der Waals surface area contributed by atoms with Crippen LogP contribution in [0.5, 0.6) is 5.75 Å². The molecule has 0 bridgehead atoms. The summed E-state index contributed by atoms with van der Waals surface area (Å²) >= 11 is 3.30. The zero-order valence-electron chi connectivity index (χ0n) is 9.64. The minimum atomic E-state index is -0.237. The van der Waals surface area contributed by atoms with E-state index in [2.05, 4.69) is 26.2 Å². The van der Waals surface area contributed by atoms with E-state index in [0.29, 0.717) is 11.3 Å². The van der Waals surface area contributed by atoms with Crippen LogP contribution in [0.3, 0.4) is 0 Å². The molecule has 1 amide bonds. The number of hydrogen-bond acceptors (Lipinski definition) is 3. The number of nitrogens with zero attached hydrogens (tertiary/aromatic N) is 1. The zero-order chi connectivity index (χ0) is 13.1. The molecule has 5 heteroatoms. The summed E-state index contributed by atoms with van der Waals surface area (Å²) < 4.78 is 0.755. The van der Waals surface area contributed by atoms with Gasteiger partial charge in [-0.1, -0.05) is 0 Å². The molecule has 1 aromatic heterocycles. The molecule has 0 unspecified atom stereocenters. The van der Waals surface area contributed by atoms with Gasteiger partial charge in [0.15, 0.2) is 0 Å². The van der Waals surface area contributed by atoms with E-state index < -0.39 is 0 Å². The number of phenolic OH excluding ortho intramolecular Hbond substituents is 1. The second kappa shape index (κ2) is 5.18. The third-order valence-corrected chi connectivity index (χ3v) is 3.23. The molecule has 18 heavy (non-hydrogen) atoms. The van der Waals surface area contributed by atoms with Crippen molar-refractivity contribution in [3.05, 3.63) is 52.3 Å². The van der Waals surface area contributed by atoms with Crippen molar-refractivity contribution in [2.45, 2.75) is 6.92 Å². The first kappa shape index (κ1) is 12.6. The second-order valence-electron chi connectivity index (χ2n) is 3.83. The van der Waals surface area contributed by atoms with Crippen LogP contribution in [-0.2, 0) is 0 Å². The Morgan fingerprint density at radius 2 is 2.00 bits per heavy atom. The van der Waals surface area contributed by atoms with Gasteiger partial charge >= 0.3 is 0 Å². The Hall–Kier alpha value is -1.88. The van der Waals surface area contributed by atoms with Gasteiger partial charge in [0.05, 0.1) is 11.9 Å². The highest BCUT2D eigenvalue weighted by molar-refractivity contribution is 9.10. The molecule has 1 heterocycles. The third kappa shape index (κ3) is 2.87. The largest absolute Gasteiger partial charge is 0.508 e. The summed E-state index contributed by atoms with van der Waals surface area (Å²) in [6.07, 6.45) is 1.58. The highest BCUT2D eigenvalue weighted by Crippen LogP contribution is 2.18. The molecular weight excluding hydrogens is 296 g/mol. The molecular formula is C13H11BrN2O2. The van der Waals surface area contributed by atoms with Crippen molar-refractivity contribution in [2.24, 2.45) is 0 Å².